The standard InChI is InChI=1S/C13H15ClN2/c1-16-8-11(12(7-15)9-16)6-10-2-4-13(14)5-3-10/h2-5,11-12H,6,8-9H2,1H3/t11-,12-/m0/s1. The first-order valence-electron chi connectivity index (χ1n) is 5.51. The molecule has 2 rings (SSSR count). The van der Waals surface area contributed by atoms with Gasteiger partial charge in [0.2, 0.25) is 0 Å². The van der Waals surface area contributed by atoms with Crippen molar-refractivity contribution in [3.05, 3.63) is 34.9 Å². The van der Waals surface area contributed by atoms with Gasteiger partial charge < -0.3 is 4.90 Å². The highest BCUT2D eigenvalue weighted by Crippen LogP contribution is 2.25. The average Bonchev–Trinajstić information content (AvgIpc) is 2.62. The molecule has 0 N–H and O–H groups in total. The van der Waals surface area contributed by atoms with Crippen LogP contribution in [-0.4, -0.2) is 25.0 Å². The van der Waals surface area contributed by atoms with Gasteiger partial charge in [-0.1, -0.05) is 23.7 Å². The first kappa shape index (κ1) is 11.4. The highest BCUT2D eigenvalue weighted by molar-refractivity contribution is 6.30. The predicted octanol–water partition coefficient (Wildman–Crippen LogP) is 2.58. The van der Waals surface area contributed by atoms with E-state index in [9.17, 15) is 0 Å². The van der Waals surface area contributed by atoms with Crippen LogP contribution in [0.3, 0.4) is 0 Å². The van der Waals surface area contributed by atoms with Crippen molar-refractivity contribution in [2.45, 2.75) is 6.42 Å². The van der Waals surface area contributed by atoms with Gasteiger partial charge in [-0.3, -0.25) is 0 Å². The summed E-state index contributed by atoms with van der Waals surface area (Å²) < 4.78 is 0. The molecule has 2 atom stereocenters. The Morgan fingerprint density at radius 3 is 2.69 bits per heavy atom. The summed E-state index contributed by atoms with van der Waals surface area (Å²) in [5.41, 5.74) is 1.27. The lowest BCUT2D eigenvalue weighted by molar-refractivity contribution is 0.394. The SMILES string of the molecule is CN1C[C@H](Cc2ccc(Cl)cc2)[C@@H](C#N)C1. The lowest BCUT2D eigenvalue weighted by Gasteiger charge is -2.12. The predicted molar refractivity (Wildman–Crippen MR) is 65.2 cm³/mol. The first-order chi connectivity index (χ1) is 7.69. The average molecular weight is 235 g/mol. The minimum atomic E-state index is 0.167. The fraction of sp³-hybridized carbons (Fsp3) is 0.462. The first-order valence-corrected chi connectivity index (χ1v) is 5.89. The number of rotatable bonds is 2. The van der Waals surface area contributed by atoms with Crippen LogP contribution in [0.15, 0.2) is 24.3 Å². The molecule has 0 aromatic heterocycles. The lowest BCUT2D eigenvalue weighted by atomic mass is 9.91. The van der Waals surface area contributed by atoms with Crippen molar-refractivity contribution in [3.8, 4) is 6.07 Å². The molecule has 0 radical (unpaired) electrons. The summed E-state index contributed by atoms with van der Waals surface area (Å²) >= 11 is 5.85. The number of hydrogen-bond donors (Lipinski definition) is 0. The number of hydrogen-bond acceptors (Lipinski definition) is 2. The van der Waals surface area contributed by atoms with E-state index in [1.165, 1.54) is 5.56 Å². The molecule has 1 aromatic carbocycles. The highest BCUT2D eigenvalue weighted by Gasteiger charge is 2.30. The summed E-state index contributed by atoms with van der Waals surface area (Å²) in [4.78, 5) is 2.23. The van der Waals surface area contributed by atoms with Crippen LogP contribution in [-0.2, 0) is 6.42 Å². The van der Waals surface area contributed by atoms with E-state index in [2.05, 4.69) is 30.1 Å². The molecule has 3 heteroatoms. The van der Waals surface area contributed by atoms with Gasteiger partial charge in [0.05, 0.1) is 12.0 Å². The molecule has 1 heterocycles. The monoisotopic (exact) mass is 234 g/mol. The van der Waals surface area contributed by atoms with Crippen LogP contribution in [0.5, 0.6) is 0 Å². The maximum atomic E-state index is 9.08. The van der Waals surface area contributed by atoms with Crippen molar-refractivity contribution in [1.82, 2.24) is 4.90 Å². The fourth-order valence-electron chi connectivity index (χ4n) is 2.36. The molecule has 16 heavy (non-hydrogen) atoms. The number of nitriles is 1. The number of benzene rings is 1. The Balaban J connectivity index is 2.04. The van der Waals surface area contributed by atoms with Crippen LogP contribution in [0, 0.1) is 23.2 Å². The summed E-state index contributed by atoms with van der Waals surface area (Å²) in [6.07, 6.45) is 0.972. The summed E-state index contributed by atoms with van der Waals surface area (Å²) in [5.74, 6) is 0.622. The fourth-order valence-corrected chi connectivity index (χ4v) is 2.49. The molecule has 84 valence electrons. The molecule has 0 bridgehead atoms. The van der Waals surface area contributed by atoms with E-state index in [0.717, 1.165) is 24.5 Å². The molecular formula is C13H15ClN2. The van der Waals surface area contributed by atoms with Crippen LogP contribution in [0.4, 0.5) is 0 Å². The van der Waals surface area contributed by atoms with E-state index < -0.39 is 0 Å². The van der Waals surface area contributed by atoms with Crippen molar-refractivity contribution in [3.63, 3.8) is 0 Å². The quantitative estimate of drug-likeness (QED) is 0.787. The van der Waals surface area contributed by atoms with Crippen molar-refractivity contribution in [1.29, 1.82) is 5.26 Å². The van der Waals surface area contributed by atoms with Gasteiger partial charge in [0.15, 0.2) is 0 Å². The van der Waals surface area contributed by atoms with Gasteiger partial charge in [-0.2, -0.15) is 5.26 Å². The summed E-state index contributed by atoms with van der Waals surface area (Å²) in [7, 11) is 2.08. The molecular weight excluding hydrogens is 220 g/mol. The van der Waals surface area contributed by atoms with Gasteiger partial charge in [-0.05, 0) is 37.1 Å². The largest absolute Gasteiger partial charge is 0.305 e. The van der Waals surface area contributed by atoms with Crippen molar-refractivity contribution in [2.24, 2.45) is 11.8 Å². The van der Waals surface area contributed by atoms with E-state index >= 15 is 0 Å². The number of halogens is 1. The smallest absolute Gasteiger partial charge is 0.0672 e. The van der Waals surface area contributed by atoms with Crippen LogP contribution >= 0.6 is 11.6 Å². The van der Waals surface area contributed by atoms with E-state index in [4.69, 9.17) is 16.9 Å². The zero-order chi connectivity index (χ0) is 11.5. The Morgan fingerprint density at radius 2 is 2.06 bits per heavy atom. The molecule has 2 nitrogen and oxygen atoms in total. The zero-order valence-corrected chi connectivity index (χ0v) is 10.1. The zero-order valence-electron chi connectivity index (χ0n) is 9.36. The van der Waals surface area contributed by atoms with E-state index in [-0.39, 0.29) is 5.92 Å². The Hall–Kier alpha value is -1.04. The Morgan fingerprint density at radius 1 is 1.38 bits per heavy atom. The van der Waals surface area contributed by atoms with E-state index in [0.29, 0.717) is 5.92 Å². The van der Waals surface area contributed by atoms with Gasteiger partial charge in [0.1, 0.15) is 0 Å². The van der Waals surface area contributed by atoms with Crippen molar-refractivity contribution < 1.29 is 0 Å². The Kier molecular flexibility index (Phi) is 3.48. The summed E-state index contributed by atoms with van der Waals surface area (Å²) in [6.45, 7) is 1.91. The van der Waals surface area contributed by atoms with Crippen LogP contribution < -0.4 is 0 Å². The van der Waals surface area contributed by atoms with Gasteiger partial charge in [-0.25, -0.2) is 0 Å². The topological polar surface area (TPSA) is 27.0 Å². The lowest BCUT2D eigenvalue weighted by Crippen LogP contribution is -2.15. The molecule has 1 aromatic rings. The van der Waals surface area contributed by atoms with Crippen LogP contribution in [0.25, 0.3) is 0 Å². The van der Waals surface area contributed by atoms with Crippen molar-refractivity contribution in [2.75, 3.05) is 20.1 Å². The Labute approximate surface area is 101 Å². The van der Waals surface area contributed by atoms with Gasteiger partial charge >= 0.3 is 0 Å². The second-order valence-electron chi connectivity index (χ2n) is 4.55. The summed E-state index contributed by atoms with van der Waals surface area (Å²) in [5, 5.41) is 9.85. The maximum absolute atomic E-state index is 9.08. The minimum Gasteiger partial charge on any atom is -0.305 e. The molecule has 0 saturated carbocycles. The Bertz CT molecular complexity index is 393. The third-order valence-electron chi connectivity index (χ3n) is 3.20. The van der Waals surface area contributed by atoms with E-state index in [1.807, 2.05) is 12.1 Å². The van der Waals surface area contributed by atoms with Crippen molar-refractivity contribution >= 4 is 11.6 Å². The molecule has 0 unspecified atom stereocenters. The minimum absolute atomic E-state index is 0.167. The van der Waals surface area contributed by atoms with E-state index in [1.54, 1.807) is 0 Å². The van der Waals surface area contributed by atoms with Gasteiger partial charge in [0, 0.05) is 18.1 Å². The molecule has 1 aliphatic rings. The normalized spacial score (nSPS) is 25.6. The molecule has 0 amide bonds. The second kappa shape index (κ2) is 4.86. The molecule has 0 aliphatic carbocycles. The van der Waals surface area contributed by atoms with Gasteiger partial charge in [0.25, 0.3) is 0 Å². The summed E-state index contributed by atoms with van der Waals surface area (Å²) in [6, 6.07) is 10.3. The van der Waals surface area contributed by atoms with Crippen LogP contribution in [0.2, 0.25) is 5.02 Å². The molecule has 1 aliphatic heterocycles. The molecule has 0 spiro atoms. The van der Waals surface area contributed by atoms with Gasteiger partial charge in [-0.15, -0.1) is 0 Å². The molecule has 1 saturated heterocycles. The number of likely N-dealkylation sites (tertiary alicyclic amines) is 1. The third kappa shape index (κ3) is 2.55. The second-order valence-corrected chi connectivity index (χ2v) is 4.98. The number of nitrogens with zero attached hydrogens (tertiary/aromatic N) is 2. The molecule has 1 fully saturated rings. The highest BCUT2D eigenvalue weighted by atomic mass is 35.5. The third-order valence-corrected chi connectivity index (χ3v) is 3.45. The van der Waals surface area contributed by atoms with Crippen LogP contribution in [0.1, 0.15) is 5.56 Å². The maximum Gasteiger partial charge on any atom is 0.0672 e.